The van der Waals surface area contributed by atoms with Crippen LogP contribution in [-0.4, -0.2) is 57.3 Å². The number of rotatable bonds is 31. The first-order chi connectivity index (χ1) is 21.0. The molecule has 43 heavy (non-hydrogen) atoms. The van der Waals surface area contributed by atoms with Gasteiger partial charge in [-0.2, -0.15) is 0 Å². The van der Waals surface area contributed by atoms with Gasteiger partial charge in [-0.05, 0) is 58.3 Å². The molecule has 6 nitrogen and oxygen atoms in total. The first kappa shape index (κ1) is 41.5. The second-order valence-corrected chi connectivity index (χ2v) is 12.2. The molecule has 0 aliphatic rings. The van der Waals surface area contributed by atoms with Gasteiger partial charge in [0.25, 0.3) is 0 Å². The molecule has 252 valence electrons. The van der Waals surface area contributed by atoms with Crippen LogP contribution >= 0.6 is 0 Å². The lowest BCUT2D eigenvalue weighted by Crippen LogP contribution is -2.53. The van der Waals surface area contributed by atoms with Crippen LogP contribution in [0.15, 0.2) is 36.5 Å². The number of carbonyl (C=O) groups is 1. The standard InChI is InChI=1S/C37H69NO5/c1-3-5-7-9-11-13-15-17-18-19-21-23-25-27-29-31-35(41)37(43)38-33(32-39)36(42)34(40)30-28-26-24-22-20-16-14-12-10-8-6-4-2/h4,6,12,14,22,24,33-36,39-42H,3,5,7-11,13,15-21,23,25-32H2,1-2H3,(H,38,43)/b6-4+,14-12+,24-22+. The van der Waals surface area contributed by atoms with Crippen molar-refractivity contribution in [2.75, 3.05) is 6.61 Å². The summed E-state index contributed by atoms with van der Waals surface area (Å²) in [5.74, 6) is -0.602. The summed E-state index contributed by atoms with van der Waals surface area (Å²) in [5, 5.41) is 43.3. The van der Waals surface area contributed by atoms with Crippen molar-refractivity contribution in [2.24, 2.45) is 0 Å². The molecule has 0 aromatic carbocycles. The summed E-state index contributed by atoms with van der Waals surface area (Å²) in [6, 6.07) is -1.01. The molecule has 0 aliphatic carbocycles. The van der Waals surface area contributed by atoms with Gasteiger partial charge < -0.3 is 25.7 Å². The van der Waals surface area contributed by atoms with Crippen LogP contribution in [-0.2, 0) is 4.79 Å². The highest BCUT2D eigenvalue weighted by molar-refractivity contribution is 5.80. The van der Waals surface area contributed by atoms with Crippen molar-refractivity contribution in [1.82, 2.24) is 5.32 Å². The number of unbranched alkanes of at least 4 members (excludes halogenated alkanes) is 17. The monoisotopic (exact) mass is 608 g/mol. The van der Waals surface area contributed by atoms with Crippen LogP contribution in [0.25, 0.3) is 0 Å². The van der Waals surface area contributed by atoms with Crippen LogP contribution in [0.4, 0.5) is 0 Å². The van der Waals surface area contributed by atoms with E-state index in [-0.39, 0.29) is 0 Å². The Morgan fingerprint density at radius 1 is 0.605 bits per heavy atom. The van der Waals surface area contributed by atoms with Crippen molar-refractivity contribution in [2.45, 2.75) is 186 Å². The smallest absolute Gasteiger partial charge is 0.249 e. The summed E-state index contributed by atoms with van der Waals surface area (Å²) in [7, 11) is 0. The van der Waals surface area contributed by atoms with Gasteiger partial charge in [0.2, 0.25) is 5.91 Å². The molecule has 0 aliphatic heterocycles. The minimum absolute atomic E-state index is 0.360. The summed E-state index contributed by atoms with van der Waals surface area (Å²) in [4.78, 5) is 12.4. The molecule has 0 spiro atoms. The fourth-order valence-electron chi connectivity index (χ4n) is 5.26. The highest BCUT2D eigenvalue weighted by Gasteiger charge is 2.28. The number of aliphatic hydroxyl groups is 4. The maximum atomic E-state index is 12.4. The van der Waals surface area contributed by atoms with Crippen molar-refractivity contribution >= 4 is 5.91 Å². The Hall–Kier alpha value is -1.47. The molecule has 0 rings (SSSR count). The SMILES string of the molecule is C/C=C/CC/C=C/CC/C=C/CCCC(O)C(O)C(CO)NC(=O)C(O)CCCCCCCCCCCCCCCCC. The van der Waals surface area contributed by atoms with Crippen molar-refractivity contribution in [3.63, 3.8) is 0 Å². The van der Waals surface area contributed by atoms with Crippen LogP contribution in [0.1, 0.15) is 162 Å². The average Bonchev–Trinajstić information content (AvgIpc) is 3.01. The highest BCUT2D eigenvalue weighted by atomic mass is 16.3. The van der Waals surface area contributed by atoms with E-state index < -0.39 is 36.9 Å². The van der Waals surface area contributed by atoms with Gasteiger partial charge in [-0.25, -0.2) is 0 Å². The molecule has 0 heterocycles. The third kappa shape index (κ3) is 26.6. The normalized spacial score (nSPS) is 15.0. The lowest BCUT2D eigenvalue weighted by molar-refractivity contribution is -0.132. The summed E-state index contributed by atoms with van der Waals surface area (Å²) in [6.45, 7) is 3.79. The number of aliphatic hydroxyl groups excluding tert-OH is 4. The molecule has 6 heteroatoms. The van der Waals surface area contributed by atoms with Gasteiger partial charge in [0, 0.05) is 0 Å². The fourth-order valence-corrected chi connectivity index (χ4v) is 5.26. The minimum Gasteiger partial charge on any atom is -0.394 e. The molecule has 0 aromatic rings. The van der Waals surface area contributed by atoms with E-state index in [1.165, 1.54) is 77.0 Å². The van der Waals surface area contributed by atoms with Crippen molar-refractivity contribution in [1.29, 1.82) is 0 Å². The largest absolute Gasteiger partial charge is 0.394 e. The van der Waals surface area contributed by atoms with Gasteiger partial charge in [-0.15, -0.1) is 0 Å². The zero-order valence-corrected chi connectivity index (χ0v) is 27.9. The van der Waals surface area contributed by atoms with E-state index in [4.69, 9.17) is 0 Å². The van der Waals surface area contributed by atoms with E-state index in [1.807, 2.05) is 6.92 Å². The average molecular weight is 608 g/mol. The number of amides is 1. The topological polar surface area (TPSA) is 110 Å². The van der Waals surface area contributed by atoms with Gasteiger partial charge in [-0.1, -0.05) is 140 Å². The summed E-state index contributed by atoms with van der Waals surface area (Å²) < 4.78 is 0. The van der Waals surface area contributed by atoms with Crippen LogP contribution in [0.3, 0.4) is 0 Å². The van der Waals surface area contributed by atoms with Gasteiger partial charge in [0.15, 0.2) is 0 Å². The number of carbonyl (C=O) groups excluding carboxylic acids is 1. The van der Waals surface area contributed by atoms with Gasteiger partial charge in [0.1, 0.15) is 12.2 Å². The Labute approximate surface area is 265 Å². The molecule has 0 saturated carbocycles. The Morgan fingerprint density at radius 2 is 1.05 bits per heavy atom. The Morgan fingerprint density at radius 3 is 1.51 bits per heavy atom. The lowest BCUT2D eigenvalue weighted by Gasteiger charge is -2.27. The quantitative estimate of drug-likeness (QED) is 0.0403. The van der Waals surface area contributed by atoms with E-state index in [9.17, 15) is 25.2 Å². The number of nitrogens with one attached hydrogen (secondary N) is 1. The summed E-state index contributed by atoms with van der Waals surface area (Å²) >= 11 is 0. The third-order valence-electron chi connectivity index (χ3n) is 8.15. The molecule has 4 atom stereocenters. The van der Waals surface area contributed by atoms with Crippen molar-refractivity contribution < 1.29 is 25.2 Å². The summed E-state index contributed by atoms with van der Waals surface area (Å²) in [6.07, 6.45) is 34.6. The molecule has 0 fully saturated rings. The maximum absolute atomic E-state index is 12.4. The van der Waals surface area contributed by atoms with Crippen LogP contribution in [0.2, 0.25) is 0 Å². The van der Waals surface area contributed by atoms with Gasteiger partial charge in [-0.3, -0.25) is 4.79 Å². The highest BCUT2D eigenvalue weighted by Crippen LogP contribution is 2.15. The number of hydrogen-bond donors (Lipinski definition) is 5. The minimum atomic E-state index is -1.29. The predicted octanol–water partition coefficient (Wildman–Crippen LogP) is 8.23. The van der Waals surface area contributed by atoms with Crippen molar-refractivity contribution in [3.05, 3.63) is 36.5 Å². The molecule has 4 unspecified atom stereocenters. The molecular weight excluding hydrogens is 538 g/mol. The van der Waals surface area contributed by atoms with E-state index in [0.717, 1.165) is 51.4 Å². The molecule has 5 N–H and O–H groups in total. The van der Waals surface area contributed by atoms with Gasteiger partial charge >= 0.3 is 0 Å². The van der Waals surface area contributed by atoms with Crippen molar-refractivity contribution in [3.8, 4) is 0 Å². The van der Waals surface area contributed by atoms with E-state index in [0.29, 0.717) is 19.3 Å². The molecule has 0 saturated heterocycles. The second-order valence-electron chi connectivity index (χ2n) is 12.2. The lowest BCUT2D eigenvalue weighted by atomic mass is 10.00. The van der Waals surface area contributed by atoms with Crippen LogP contribution in [0.5, 0.6) is 0 Å². The van der Waals surface area contributed by atoms with Crippen LogP contribution < -0.4 is 5.32 Å². The Kier molecular flexibility index (Phi) is 30.8. The third-order valence-corrected chi connectivity index (χ3v) is 8.15. The molecule has 0 aromatic heterocycles. The molecule has 0 radical (unpaired) electrons. The van der Waals surface area contributed by atoms with E-state index in [2.05, 4.69) is 48.7 Å². The first-order valence-corrected chi connectivity index (χ1v) is 17.8. The second kappa shape index (κ2) is 31.9. The Bertz CT molecular complexity index is 692. The van der Waals surface area contributed by atoms with Crippen LogP contribution in [0, 0.1) is 0 Å². The first-order valence-electron chi connectivity index (χ1n) is 17.8. The Balaban J connectivity index is 3.88. The zero-order valence-electron chi connectivity index (χ0n) is 27.9. The molecular formula is C37H69NO5. The molecule has 1 amide bonds. The predicted molar refractivity (Wildman–Crippen MR) is 182 cm³/mol. The maximum Gasteiger partial charge on any atom is 0.249 e. The van der Waals surface area contributed by atoms with E-state index in [1.54, 1.807) is 0 Å². The molecule has 0 bridgehead atoms. The number of hydrogen-bond acceptors (Lipinski definition) is 5. The summed E-state index contributed by atoms with van der Waals surface area (Å²) in [5.41, 5.74) is 0. The number of allylic oxidation sites excluding steroid dienone is 6. The zero-order chi connectivity index (χ0) is 31.8. The van der Waals surface area contributed by atoms with E-state index >= 15 is 0 Å². The fraction of sp³-hybridized carbons (Fsp3) is 0.811. The van der Waals surface area contributed by atoms with Gasteiger partial charge in [0.05, 0.1) is 18.8 Å².